The van der Waals surface area contributed by atoms with Gasteiger partial charge in [-0.1, -0.05) is 6.92 Å². The Balaban J connectivity index is 2.09. The fraction of sp³-hybridized carbons (Fsp3) is 0.643. The van der Waals surface area contributed by atoms with Gasteiger partial charge in [0.1, 0.15) is 0 Å². The Bertz CT molecular complexity index is 371. The van der Waals surface area contributed by atoms with Gasteiger partial charge < -0.3 is 4.74 Å². The van der Waals surface area contributed by atoms with Crippen LogP contribution in [0.3, 0.4) is 0 Å². The summed E-state index contributed by atoms with van der Waals surface area (Å²) in [7, 11) is 0. The summed E-state index contributed by atoms with van der Waals surface area (Å²) >= 11 is 0. The number of pyridine rings is 1. The first-order chi connectivity index (χ1) is 8.63. The molecule has 0 aliphatic carbocycles. The fourth-order valence-corrected chi connectivity index (χ4v) is 3.07. The largest absolute Gasteiger partial charge is 0.375 e. The van der Waals surface area contributed by atoms with Gasteiger partial charge in [0.2, 0.25) is 0 Å². The van der Waals surface area contributed by atoms with Crippen molar-refractivity contribution in [3.8, 4) is 0 Å². The number of ether oxygens (including phenoxy) is 1. The third-order valence-electron chi connectivity index (χ3n) is 4.20. The lowest BCUT2D eigenvalue weighted by molar-refractivity contribution is 0.0476. The van der Waals surface area contributed by atoms with E-state index in [0.717, 1.165) is 6.42 Å². The Morgan fingerprint density at radius 3 is 2.44 bits per heavy atom. The summed E-state index contributed by atoms with van der Waals surface area (Å²) in [4.78, 5) is 4.04. The van der Waals surface area contributed by atoms with E-state index in [-0.39, 0.29) is 12.1 Å². The van der Waals surface area contributed by atoms with Gasteiger partial charge in [0, 0.05) is 24.4 Å². The Morgan fingerprint density at radius 2 is 1.94 bits per heavy atom. The van der Waals surface area contributed by atoms with E-state index in [4.69, 9.17) is 10.6 Å². The van der Waals surface area contributed by atoms with Gasteiger partial charge in [-0.15, -0.1) is 0 Å². The van der Waals surface area contributed by atoms with Gasteiger partial charge >= 0.3 is 0 Å². The van der Waals surface area contributed by atoms with E-state index >= 15 is 0 Å². The van der Waals surface area contributed by atoms with Crippen molar-refractivity contribution in [3.63, 3.8) is 0 Å². The van der Waals surface area contributed by atoms with E-state index in [1.807, 2.05) is 24.5 Å². The molecule has 4 heteroatoms. The predicted molar refractivity (Wildman–Crippen MR) is 71.7 cm³/mol. The zero-order chi connectivity index (χ0) is 13.1. The van der Waals surface area contributed by atoms with Gasteiger partial charge in [0.15, 0.2) is 0 Å². The molecule has 0 saturated carbocycles. The van der Waals surface area contributed by atoms with Crippen LogP contribution in [0.2, 0.25) is 0 Å². The van der Waals surface area contributed by atoms with Crippen molar-refractivity contribution in [3.05, 3.63) is 30.1 Å². The summed E-state index contributed by atoms with van der Waals surface area (Å²) < 4.78 is 5.90. The zero-order valence-corrected chi connectivity index (χ0v) is 11.3. The van der Waals surface area contributed by atoms with Gasteiger partial charge in [0.25, 0.3) is 0 Å². The fourth-order valence-electron chi connectivity index (χ4n) is 3.07. The monoisotopic (exact) mass is 249 g/mol. The summed E-state index contributed by atoms with van der Waals surface area (Å²) in [6, 6.07) is 4.32. The van der Waals surface area contributed by atoms with E-state index in [1.165, 1.54) is 5.56 Å². The maximum atomic E-state index is 5.90. The van der Waals surface area contributed by atoms with Crippen LogP contribution in [0.15, 0.2) is 24.5 Å². The van der Waals surface area contributed by atoms with Crippen molar-refractivity contribution in [1.82, 2.24) is 10.4 Å². The molecule has 1 aliphatic rings. The van der Waals surface area contributed by atoms with E-state index in [0.29, 0.717) is 17.9 Å². The summed E-state index contributed by atoms with van der Waals surface area (Å²) in [5.41, 5.74) is 4.23. The Labute approximate surface area is 109 Å². The van der Waals surface area contributed by atoms with Crippen LogP contribution in [0.4, 0.5) is 0 Å². The van der Waals surface area contributed by atoms with Gasteiger partial charge in [-0.2, -0.15) is 0 Å². The lowest BCUT2D eigenvalue weighted by atomic mass is 9.81. The molecule has 0 amide bonds. The molecule has 1 aromatic rings. The standard InChI is InChI=1S/C14H23N3O/c1-9-10(2)18-11(3)14(9)13(17-15)8-12-4-6-16-7-5-12/h4-7,9-11,13-14,17H,8,15H2,1-3H3. The zero-order valence-electron chi connectivity index (χ0n) is 11.3. The molecule has 1 aliphatic heterocycles. The molecule has 2 heterocycles. The molecule has 0 spiro atoms. The van der Waals surface area contributed by atoms with Crippen molar-refractivity contribution in [2.45, 2.75) is 45.4 Å². The minimum absolute atomic E-state index is 0.238. The first kappa shape index (κ1) is 13.5. The first-order valence-electron chi connectivity index (χ1n) is 6.64. The van der Waals surface area contributed by atoms with Crippen LogP contribution in [0, 0.1) is 11.8 Å². The number of hydrogen-bond donors (Lipinski definition) is 2. The highest BCUT2D eigenvalue weighted by Crippen LogP contribution is 2.35. The second kappa shape index (κ2) is 5.78. The van der Waals surface area contributed by atoms with Gasteiger partial charge in [-0.05, 0) is 43.9 Å². The normalized spacial score (nSPS) is 33.6. The molecule has 2 rings (SSSR count). The van der Waals surface area contributed by atoms with Crippen LogP contribution in [0.5, 0.6) is 0 Å². The molecule has 5 unspecified atom stereocenters. The Hall–Kier alpha value is -0.970. The maximum Gasteiger partial charge on any atom is 0.0597 e. The average Bonchev–Trinajstić information content (AvgIpc) is 2.62. The van der Waals surface area contributed by atoms with Crippen molar-refractivity contribution in [1.29, 1.82) is 0 Å². The highest BCUT2D eigenvalue weighted by molar-refractivity contribution is 5.12. The molecular weight excluding hydrogens is 226 g/mol. The molecular formula is C14H23N3O. The quantitative estimate of drug-likeness (QED) is 0.627. The van der Waals surface area contributed by atoms with E-state index in [1.54, 1.807) is 0 Å². The molecule has 0 bridgehead atoms. The number of hydrazine groups is 1. The van der Waals surface area contributed by atoms with Crippen LogP contribution in [0.25, 0.3) is 0 Å². The van der Waals surface area contributed by atoms with Crippen LogP contribution in [-0.4, -0.2) is 23.2 Å². The third kappa shape index (κ3) is 2.71. The average molecular weight is 249 g/mol. The molecule has 1 saturated heterocycles. The number of rotatable bonds is 4. The predicted octanol–water partition coefficient (Wildman–Crippen LogP) is 1.52. The van der Waals surface area contributed by atoms with Crippen molar-refractivity contribution >= 4 is 0 Å². The van der Waals surface area contributed by atoms with Crippen molar-refractivity contribution in [2.24, 2.45) is 17.7 Å². The molecule has 3 N–H and O–H groups in total. The van der Waals surface area contributed by atoms with Crippen LogP contribution in [0.1, 0.15) is 26.3 Å². The second-order valence-corrected chi connectivity index (χ2v) is 5.32. The molecule has 18 heavy (non-hydrogen) atoms. The second-order valence-electron chi connectivity index (χ2n) is 5.32. The highest BCUT2D eigenvalue weighted by atomic mass is 16.5. The number of nitrogens with zero attached hydrogens (tertiary/aromatic N) is 1. The molecule has 1 aromatic heterocycles. The van der Waals surface area contributed by atoms with E-state index < -0.39 is 0 Å². The van der Waals surface area contributed by atoms with Gasteiger partial charge in [0.05, 0.1) is 12.2 Å². The maximum absolute atomic E-state index is 5.90. The molecule has 1 fully saturated rings. The molecule has 0 radical (unpaired) electrons. The Kier molecular flexibility index (Phi) is 4.32. The number of aromatic nitrogens is 1. The Morgan fingerprint density at radius 1 is 1.28 bits per heavy atom. The van der Waals surface area contributed by atoms with Crippen LogP contribution < -0.4 is 11.3 Å². The third-order valence-corrected chi connectivity index (χ3v) is 4.20. The minimum Gasteiger partial charge on any atom is -0.375 e. The number of nitrogens with one attached hydrogen (secondary N) is 1. The number of nitrogens with two attached hydrogens (primary N) is 1. The smallest absolute Gasteiger partial charge is 0.0597 e. The van der Waals surface area contributed by atoms with Gasteiger partial charge in [-0.3, -0.25) is 16.3 Å². The SMILES string of the molecule is CC1OC(C)C(C(Cc2ccncc2)NN)C1C. The highest BCUT2D eigenvalue weighted by Gasteiger charge is 2.41. The van der Waals surface area contributed by atoms with Crippen molar-refractivity contribution in [2.75, 3.05) is 0 Å². The molecule has 0 aromatic carbocycles. The summed E-state index contributed by atoms with van der Waals surface area (Å²) in [6.45, 7) is 6.53. The molecule has 4 nitrogen and oxygen atoms in total. The van der Waals surface area contributed by atoms with Gasteiger partial charge in [-0.25, -0.2) is 0 Å². The summed E-state index contributed by atoms with van der Waals surface area (Å²) in [6.07, 6.45) is 5.11. The minimum atomic E-state index is 0.238. The molecule has 5 atom stereocenters. The summed E-state index contributed by atoms with van der Waals surface area (Å²) in [5.74, 6) is 6.71. The van der Waals surface area contributed by atoms with Crippen LogP contribution in [-0.2, 0) is 11.2 Å². The van der Waals surface area contributed by atoms with Crippen molar-refractivity contribution < 1.29 is 4.74 Å². The summed E-state index contributed by atoms with van der Waals surface area (Å²) in [5, 5.41) is 0. The first-order valence-corrected chi connectivity index (χ1v) is 6.64. The topological polar surface area (TPSA) is 60.2 Å². The van der Waals surface area contributed by atoms with E-state index in [2.05, 4.69) is 31.2 Å². The lowest BCUT2D eigenvalue weighted by Gasteiger charge is -2.28. The molecule has 100 valence electrons. The number of hydrogen-bond acceptors (Lipinski definition) is 4. The van der Waals surface area contributed by atoms with E-state index in [9.17, 15) is 0 Å². The van der Waals surface area contributed by atoms with Crippen LogP contribution >= 0.6 is 0 Å². The lowest BCUT2D eigenvalue weighted by Crippen LogP contribution is -2.46.